The van der Waals surface area contributed by atoms with E-state index in [0.717, 1.165) is 38.8 Å². The molecule has 1 atom stereocenters. The van der Waals surface area contributed by atoms with Crippen LogP contribution in [0.1, 0.15) is 35.4 Å². The first-order valence-electron chi connectivity index (χ1n) is 9.19. The smallest absolute Gasteiger partial charge is 0.291 e. The molecular weight excluding hydrogens is 324 g/mol. The quantitative estimate of drug-likeness (QED) is 0.728. The molecule has 0 bridgehead atoms. The van der Waals surface area contributed by atoms with Gasteiger partial charge in [-0.1, -0.05) is 24.3 Å². The molecule has 132 valence electrons. The summed E-state index contributed by atoms with van der Waals surface area (Å²) in [5.74, 6) is 0.805. The molecule has 0 saturated carbocycles. The first-order valence-corrected chi connectivity index (χ1v) is 9.19. The Labute approximate surface area is 153 Å². The zero-order valence-corrected chi connectivity index (χ0v) is 14.7. The van der Waals surface area contributed by atoms with Gasteiger partial charge in [-0.05, 0) is 48.6 Å². The van der Waals surface area contributed by atoms with Gasteiger partial charge in [0.1, 0.15) is 0 Å². The molecule has 3 aromatic rings. The average molecular weight is 346 g/mol. The van der Waals surface area contributed by atoms with Crippen LogP contribution < -0.4 is 0 Å². The maximum absolute atomic E-state index is 12.6. The maximum Gasteiger partial charge on any atom is 0.291 e. The summed E-state index contributed by atoms with van der Waals surface area (Å²) in [6, 6.07) is 10.1. The van der Waals surface area contributed by atoms with Gasteiger partial charge in [0.15, 0.2) is 0 Å². The van der Waals surface area contributed by atoms with Crippen LogP contribution in [0.5, 0.6) is 0 Å². The lowest BCUT2D eigenvalue weighted by atomic mass is 9.91. The molecule has 1 fully saturated rings. The van der Waals surface area contributed by atoms with Gasteiger partial charge < -0.3 is 4.90 Å². The number of carbonyl (C=O) groups is 1. The van der Waals surface area contributed by atoms with Crippen molar-refractivity contribution >= 4 is 16.7 Å². The minimum Gasteiger partial charge on any atom is -0.336 e. The van der Waals surface area contributed by atoms with E-state index >= 15 is 0 Å². The van der Waals surface area contributed by atoms with Gasteiger partial charge in [0, 0.05) is 43.3 Å². The number of benzene rings is 1. The highest BCUT2D eigenvalue weighted by Crippen LogP contribution is 2.26. The van der Waals surface area contributed by atoms with Crippen LogP contribution in [0.15, 0.2) is 55.1 Å². The van der Waals surface area contributed by atoms with Crippen LogP contribution in [0.4, 0.5) is 0 Å². The number of carbonyl (C=O) groups excluding carboxylic acids is 1. The van der Waals surface area contributed by atoms with Gasteiger partial charge in [0.2, 0.25) is 5.82 Å². The number of hydrogen-bond acceptors (Lipinski definition) is 4. The van der Waals surface area contributed by atoms with E-state index in [9.17, 15) is 4.79 Å². The lowest BCUT2D eigenvalue weighted by molar-refractivity contribution is 0.0747. The number of nitrogens with zero attached hydrogens (tertiary/aromatic N) is 4. The fourth-order valence-corrected chi connectivity index (χ4v) is 3.78. The third-order valence-corrected chi connectivity index (χ3v) is 5.15. The van der Waals surface area contributed by atoms with E-state index in [1.807, 2.05) is 17.3 Å². The topological polar surface area (TPSA) is 59.0 Å². The summed E-state index contributed by atoms with van der Waals surface area (Å²) >= 11 is 0. The van der Waals surface area contributed by atoms with Crippen molar-refractivity contribution in [2.75, 3.05) is 13.1 Å². The van der Waals surface area contributed by atoms with Crippen molar-refractivity contribution < 1.29 is 4.79 Å². The van der Waals surface area contributed by atoms with Gasteiger partial charge in [-0.25, -0.2) is 9.97 Å². The normalized spacial score (nSPS) is 17.8. The van der Waals surface area contributed by atoms with Gasteiger partial charge in [0.05, 0.1) is 0 Å². The molecule has 0 aliphatic carbocycles. The molecule has 1 aromatic carbocycles. The van der Waals surface area contributed by atoms with E-state index in [1.165, 1.54) is 16.3 Å². The fraction of sp³-hybridized carbons (Fsp3) is 0.333. The van der Waals surface area contributed by atoms with Crippen molar-refractivity contribution in [3.05, 3.63) is 66.5 Å². The number of pyridine rings is 1. The number of fused-ring (bicyclic) bond motifs is 1. The maximum atomic E-state index is 12.6. The minimum absolute atomic E-state index is 0.0573. The van der Waals surface area contributed by atoms with E-state index in [1.54, 1.807) is 18.5 Å². The molecular formula is C21H22N4O. The molecule has 1 aliphatic heterocycles. The van der Waals surface area contributed by atoms with E-state index < -0.39 is 0 Å². The zero-order chi connectivity index (χ0) is 17.8. The van der Waals surface area contributed by atoms with Crippen molar-refractivity contribution in [3.63, 3.8) is 0 Å². The molecule has 1 saturated heterocycles. The minimum atomic E-state index is -0.0573. The van der Waals surface area contributed by atoms with Gasteiger partial charge >= 0.3 is 0 Å². The number of hydrogen-bond donors (Lipinski definition) is 0. The Hall–Kier alpha value is -2.82. The van der Waals surface area contributed by atoms with Crippen LogP contribution in [0, 0.1) is 5.92 Å². The Kier molecular flexibility index (Phi) is 4.86. The second-order valence-electron chi connectivity index (χ2n) is 6.89. The number of rotatable bonds is 3. The Balaban J connectivity index is 1.45. The molecule has 0 N–H and O–H groups in total. The molecule has 4 rings (SSSR count). The molecule has 26 heavy (non-hydrogen) atoms. The van der Waals surface area contributed by atoms with Crippen LogP contribution >= 0.6 is 0 Å². The standard InChI is InChI=1S/C21H22N4O/c26-21(20-23-9-4-10-24-20)25-11-3-5-16(8-12-25)13-18-15-22-14-17-6-1-2-7-19(17)18/h1-2,4,6-7,9-10,14-16H,3,5,8,11-13H2/t16-/m0/s1. The van der Waals surface area contributed by atoms with E-state index in [2.05, 4.69) is 39.2 Å². The lowest BCUT2D eigenvalue weighted by Gasteiger charge is -2.19. The van der Waals surface area contributed by atoms with E-state index in [0.29, 0.717) is 11.7 Å². The van der Waals surface area contributed by atoms with Gasteiger partial charge in [-0.3, -0.25) is 9.78 Å². The summed E-state index contributed by atoms with van der Waals surface area (Å²) in [5, 5.41) is 2.48. The monoisotopic (exact) mass is 346 g/mol. The molecule has 0 unspecified atom stereocenters. The van der Waals surface area contributed by atoms with E-state index in [4.69, 9.17) is 0 Å². The Morgan fingerprint density at radius 2 is 1.88 bits per heavy atom. The van der Waals surface area contributed by atoms with Gasteiger partial charge in [0.25, 0.3) is 5.91 Å². The predicted octanol–water partition coefficient (Wildman–Crippen LogP) is 3.51. The largest absolute Gasteiger partial charge is 0.336 e. The first kappa shape index (κ1) is 16.6. The van der Waals surface area contributed by atoms with Crippen molar-refractivity contribution in [2.24, 2.45) is 5.92 Å². The summed E-state index contributed by atoms with van der Waals surface area (Å²) in [4.78, 5) is 27.1. The number of aromatic nitrogens is 3. The van der Waals surface area contributed by atoms with Crippen molar-refractivity contribution in [1.29, 1.82) is 0 Å². The highest BCUT2D eigenvalue weighted by atomic mass is 16.2. The highest BCUT2D eigenvalue weighted by Gasteiger charge is 2.23. The third kappa shape index (κ3) is 3.57. The lowest BCUT2D eigenvalue weighted by Crippen LogP contribution is -2.33. The first-order chi connectivity index (χ1) is 12.8. The third-order valence-electron chi connectivity index (χ3n) is 5.15. The summed E-state index contributed by atoms with van der Waals surface area (Å²) in [6.45, 7) is 1.54. The SMILES string of the molecule is O=C(c1ncccn1)N1CCC[C@H](Cc2cncc3ccccc23)CC1. The molecule has 0 radical (unpaired) electrons. The Morgan fingerprint density at radius 3 is 2.77 bits per heavy atom. The fourth-order valence-electron chi connectivity index (χ4n) is 3.78. The van der Waals surface area contributed by atoms with Gasteiger partial charge in [-0.15, -0.1) is 0 Å². The van der Waals surface area contributed by atoms with Crippen LogP contribution in [-0.4, -0.2) is 38.8 Å². The average Bonchev–Trinajstić information content (AvgIpc) is 2.94. The summed E-state index contributed by atoms with van der Waals surface area (Å²) in [7, 11) is 0. The second-order valence-corrected chi connectivity index (χ2v) is 6.89. The molecule has 3 heterocycles. The molecule has 2 aromatic heterocycles. The predicted molar refractivity (Wildman–Crippen MR) is 101 cm³/mol. The summed E-state index contributed by atoms with van der Waals surface area (Å²) in [6.07, 6.45) is 11.3. The molecule has 1 aliphatic rings. The van der Waals surface area contributed by atoms with Crippen molar-refractivity contribution in [1.82, 2.24) is 19.9 Å². The van der Waals surface area contributed by atoms with E-state index in [-0.39, 0.29) is 5.91 Å². The summed E-state index contributed by atoms with van der Waals surface area (Å²) < 4.78 is 0. The van der Waals surface area contributed by atoms with Crippen molar-refractivity contribution in [2.45, 2.75) is 25.7 Å². The van der Waals surface area contributed by atoms with Crippen LogP contribution in [0.2, 0.25) is 0 Å². The summed E-state index contributed by atoms with van der Waals surface area (Å²) in [5.41, 5.74) is 1.30. The molecule has 5 heteroatoms. The molecule has 0 spiro atoms. The van der Waals surface area contributed by atoms with Crippen LogP contribution in [0.3, 0.4) is 0 Å². The zero-order valence-electron chi connectivity index (χ0n) is 14.7. The van der Waals surface area contributed by atoms with Gasteiger partial charge in [-0.2, -0.15) is 0 Å². The van der Waals surface area contributed by atoms with Crippen molar-refractivity contribution in [3.8, 4) is 0 Å². The highest BCUT2D eigenvalue weighted by molar-refractivity contribution is 5.90. The number of amides is 1. The molecule has 5 nitrogen and oxygen atoms in total. The van der Waals surface area contributed by atoms with Crippen LogP contribution in [0.25, 0.3) is 10.8 Å². The second kappa shape index (κ2) is 7.60. The van der Waals surface area contributed by atoms with Crippen LogP contribution in [-0.2, 0) is 6.42 Å². The Morgan fingerprint density at radius 1 is 1.04 bits per heavy atom. The number of likely N-dealkylation sites (tertiary alicyclic amines) is 1. The molecule has 1 amide bonds. The Bertz CT molecular complexity index is 891.